The van der Waals surface area contributed by atoms with Crippen LogP contribution in [-0.4, -0.2) is 39.6 Å². The van der Waals surface area contributed by atoms with E-state index >= 15 is 0 Å². The van der Waals surface area contributed by atoms with Gasteiger partial charge in [-0.1, -0.05) is 55.4 Å². The maximum absolute atomic E-state index is 5.70. The summed E-state index contributed by atoms with van der Waals surface area (Å²) in [6.07, 6.45) is 0. The third-order valence-corrected chi connectivity index (χ3v) is 5.40. The van der Waals surface area contributed by atoms with Crippen molar-refractivity contribution in [2.75, 3.05) is 39.6 Å². The summed E-state index contributed by atoms with van der Waals surface area (Å²) in [6.45, 7) is 22.5. The predicted octanol–water partition coefficient (Wildman–Crippen LogP) is 4.89. The van der Waals surface area contributed by atoms with Gasteiger partial charge in [0.15, 0.2) is 0 Å². The topological polar surface area (TPSA) is 27.7 Å². The Balaban J connectivity index is 3.44. The summed E-state index contributed by atoms with van der Waals surface area (Å²) in [5.74, 6) is 4.01. The smallest absolute Gasteiger partial charge is 0.0701 e. The van der Waals surface area contributed by atoms with Gasteiger partial charge in [0.1, 0.15) is 0 Å². The van der Waals surface area contributed by atoms with Crippen LogP contribution in [0.4, 0.5) is 0 Å². The van der Waals surface area contributed by atoms with E-state index < -0.39 is 0 Å². The van der Waals surface area contributed by atoms with Gasteiger partial charge in [0.2, 0.25) is 0 Å². The standard InChI is InChI=1S/C20H42O3/c1-15(2)19(7)17(5)13-22-11-9-21-10-12-23-14-18(6)20(8)16(3)4/h15-20H,9-14H2,1-8H3. The first kappa shape index (κ1) is 22.9. The Labute approximate surface area is 145 Å². The van der Waals surface area contributed by atoms with Crippen molar-refractivity contribution in [3.8, 4) is 0 Å². The van der Waals surface area contributed by atoms with Gasteiger partial charge in [-0.25, -0.2) is 0 Å². The van der Waals surface area contributed by atoms with Crippen molar-refractivity contribution < 1.29 is 14.2 Å². The maximum atomic E-state index is 5.70. The van der Waals surface area contributed by atoms with Crippen LogP contribution in [0.2, 0.25) is 0 Å². The van der Waals surface area contributed by atoms with Crippen molar-refractivity contribution in [1.82, 2.24) is 0 Å². The summed E-state index contributed by atoms with van der Waals surface area (Å²) in [5.41, 5.74) is 0. The van der Waals surface area contributed by atoms with E-state index in [9.17, 15) is 0 Å². The van der Waals surface area contributed by atoms with E-state index in [-0.39, 0.29) is 0 Å². The van der Waals surface area contributed by atoms with Gasteiger partial charge in [-0.3, -0.25) is 0 Å². The molecular formula is C20H42O3. The molecule has 0 saturated carbocycles. The summed E-state index contributed by atoms with van der Waals surface area (Å²) in [6, 6.07) is 0. The Morgan fingerprint density at radius 3 is 1.09 bits per heavy atom. The molecule has 0 amide bonds. The summed E-state index contributed by atoms with van der Waals surface area (Å²) in [4.78, 5) is 0. The molecule has 0 aromatic rings. The van der Waals surface area contributed by atoms with Gasteiger partial charge < -0.3 is 14.2 Å². The summed E-state index contributed by atoms with van der Waals surface area (Å²) >= 11 is 0. The van der Waals surface area contributed by atoms with Gasteiger partial charge >= 0.3 is 0 Å². The van der Waals surface area contributed by atoms with Gasteiger partial charge in [-0.05, 0) is 35.5 Å². The van der Waals surface area contributed by atoms with E-state index in [0.717, 1.165) is 13.2 Å². The average molecular weight is 331 g/mol. The van der Waals surface area contributed by atoms with Crippen LogP contribution in [0.3, 0.4) is 0 Å². The molecule has 0 radical (unpaired) electrons. The molecule has 0 rings (SSSR count). The van der Waals surface area contributed by atoms with Crippen LogP contribution >= 0.6 is 0 Å². The highest BCUT2D eigenvalue weighted by Gasteiger charge is 2.16. The molecule has 0 fully saturated rings. The number of ether oxygens (including phenoxy) is 3. The molecule has 0 saturated heterocycles. The van der Waals surface area contributed by atoms with Crippen LogP contribution in [0.1, 0.15) is 55.4 Å². The van der Waals surface area contributed by atoms with Gasteiger partial charge in [0.05, 0.1) is 26.4 Å². The average Bonchev–Trinajstić information content (AvgIpc) is 2.50. The highest BCUT2D eigenvalue weighted by atomic mass is 16.5. The van der Waals surface area contributed by atoms with Gasteiger partial charge in [-0.15, -0.1) is 0 Å². The zero-order chi connectivity index (χ0) is 17.8. The van der Waals surface area contributed by atoms with Crippen LogP contribution in [-0.2, 0) is 14.2 Å². The molecule has 0 aliphatic heterocycles. The lowest BCUT2D eigenvalue weighted by Crippen LogP contribution is -2.21. The van der Waals surface area contributed by atoms with E-state index in [4.69, 9.17) is 14.2 Å². The molecule has 3 nitrogen and oxygen atoms in total. The van der Waals surface area contributed by atoms with Gasteiger partial charge in [0, 0.05) is 13.2 Å². The normalized spacial score (nSPS) is 17.5. The van der Waals surface area contributed by atoms with Crippen molar-refractivity contribution in [3.63, 3.8) is 0 Å². The molecule has 0 aromatic carbocycles. The van der Waals surface area contributed by atoms with E-state index in [1.165, 1.54) is 0 Å². The van der Waals surface area contributed by atoms with Crippen LogP contribution in [0.15, 0.2) is 0 Å². The highest BCUT2D eigenvalue weighted by molar-refractivity contribution is 4.65. The van der Waals surface area contributed by atoms with E-state index in [2.05, 4.69) is 55.4 Å². The molecule has 0 aliphatic carbocycles. The minimum absolute atomic E-state index is 0.600. The molecule has 23 heavy (non-hydrogen) atoms. The second kappa shape index (κ2) is 13.2. The highest BCUT2D eigenvalue weighted by Crippen LogP contribution is 2.20. The Morgan fingerprint density at radius 1 is 0.478 bits per heavy atom. The first-order valence-corrected chi connectivity index (χ1v) is 9.50. The van der Waals surface area contributed by atoms with Crippen LogP contribution in [0.25, 0.3) is 0 Å². The lowest BCUT2D eigenvalue weighted by molar-refractivity contribution is -0.00563. The fourth-order valence-corrected chi connectivity index (χ4v) is 2.49. The van der Waals surface area contributed by atoms with E-state index in [0.29, 0.717) is 61.9 Å². The van der Waals surface area contributed by atoms with Crippen LogP contribution in [0.5, 0.6) is 0 Å². The lowest BCUT2D eigenvalue weighted by atomic mass is 9.87. The summed E-state index contributed by atoms with van der Waals surface area (Å²) in [5, 5.41) is 0. The third-order valence-electron chi connectivity index (χ3n) is 5.40. The molecular weight excluding hydrogens is 288 g/mol. The zero-order valence-electron chi connectivity index (χ0n) is 16.9. The molecule has 140 valence electrons. The maximum Gasteiger partial charge on any atom is 0.0701 e. The largest absolute Gasteiger partial charge is 0.379 e. The minimum atomic E-state index is 0.600. The molecule has 4 atom stereocenters. The van der Waals surface area contributed by atoms with Crippen molar-refractivity contribution >= 4 is 0 Å². The lowest BCUT2D eigenvalue weighted by Gasteiger charge is -2.23. The Hall–Kier alpha value is -0.120. The first-order chi connectivity index (χ1) is 10.8. The molecule has 4 unspecified atom stereocenters. The zero-order valence-corrected chi connectivity index (χ0v) is 16.9. The van der Waals surface area contributed by atoms with Crippen LogP contribution in [0, 0.1) is 35.5 Å². The van der Waals surface area contributed by atoms with Crippen LogP contribution < -0.4 is 0 Å². The van der Waals surface area contributed by atoms with Crippen molar-refractivity contribution in [1.29, 1.82) is 0 Å². The third kappa shape index (κ3) is 11.1. The number of rotatable bonds is 14. The summed E-state index contributed by atoms with van der Waals surface area (Å²) < 4.78 is 17.0. The predicted molar refractivity (Wildman–Crippen MR) is 98.8 cm³/mol. The second-order valence-corrected chi connectivity index (χ2v) is 7.92. The SMILES string of the molecule is CC(C)C(C)C(C)COCCOCCOCC(C)C(C)C(C)C. The number of hydrogen-bond acceptors (Lipinski definition) is 3. The quantitative estimate of drug-likeness (QED) is 0.424. The van der Waals surface area contributed by atoms with E-state index in [1.54, 1.807) is 0 Å². The van der Waals surface area contributed by atoms with Crippen molar-refractivity contribution in [3.05, 3.63) is 0 Å². The fourth-order valence-electron chi connectivity index (χ4n) is 2.49. The molecule has 0 N–H and O–H groups in total. The molecule has 3 heteroatoms. The molecule has 0 bridgehead atoms. The summed E-state index contributed by atoms with van der Waals surface area (Å²) in [7, 11) is 0. The molecule has 0 aliphatic rings. The first-order valence-electron chi connectivity index (χ1n) is 9.50. The minimum Gasteiger partial charge on any atom is -0.379 e. The van der Waals surface area contributed by atoms with E-state index in [1.807, 2.05) is 0 Å². The van der Waals surface area contributed by atoms with Gasteiger partial charge in [0.25, 0.3) is 0 Å². The van der Waals surface area contributed by atoms with Crippen molar-refractivity contribution in [2.24, 2.45) is 35.5 Å². The molecule has 0 spiro atoms. The fraction of sp³-hybridized carbons (Fsp3) is 1.00. The monoisotopic (exact) mass is 330 g/mol. The Kier molecular flexibility index (Phi) is 13.1. The Bertz CT molecular complexity index is 240. The molecule has 0 heterocycles. The second-order valence-electron chi connectivity index (χ2n) is 7.92. The Morgan fingerprint density at radius 2 is 0.783 bits per heavy atom. The number of hydrogen-bond donors (Lipinski definition) is 0. The van der Waals surface area contributed by atoms with Gasteiger partial charge in [-0.2, -0.15) is 0 Å². The van der Waals surface area contributed by atoms with Crippen molar-refractivity contribution in [2.45, 2.75) is 55.4 Å². The molecule has 0 aromatic heterocycles.